The third-order valence-corrected chi connectivity index (χ3v) is 1.78. The molecule has 0 aromatic heterocycles. The molecule has 1 heterocycles. The quantitative estimate of drug-likeness (QED) is 0.379. The minimum Gasteiger partial charge on any atom is -0.454 e. The van der Waals surface area contributed by atoms with Gasteiger partial charge < -0.3 is 4.74 Å². The van der Waals surface area contributed by atoms with Crippen LogP contribution in [0.15, 0.2) is 0 Å². The minimum absolute atomic E-state index is 0.0440. The Morgan fingerprint density at radius 2 is 2.30 bits per heavy atom. The van der Waals surface area contributed by atoms with Crippen LogP contribution in [-0.4, -0.2) is 23.2 Å². The lowest BCUT2D eigenvalue weighted by Crippen LogP contribution is -2.15. The van der Waals surface area contributed by atoms with Gasteiger partial charge in [-0.1, -0.05) is 15.9 Å². The summed E-state index contributed by atoms with van der Waals surface area (Å²) in [5.74, 6) is -0.486. The topological polar surface area (TPSA) is 43.4 Å². The Labute approximate surface area is 66.9 Å². The molecule has 1 saturated heterocycles. The summed E-state index contributed by atoms with van der Waals surface area (Å²) >= 11 is 3.16. The Kier molecular flexibility index (Phi) is 2.43. The van der Waals surface area contributed by atoms with Gasteiger partial charge in [-0.05, 0) is 0 Å². The lowest BCUT2D eigenvalue weighted by Gasteiger charge is -2.02. The Morgan fingerprint density at radius 3 is 2.70 bits per heavy atom. The number of ketones is 1. The van der Waals surface area contributed by atoms with E-state index in [1.165, 1.54) is 0 Å². The summed E-state index contributed by atoms with van der Waals surface area (Å²) in [6.07, 6.45) is 0.0641. The monoisotopic (exact) mass is 206 g/mol. The second kappa shape index (κ2) is 3.14. The van der Waals surface area contributed by atoms with Crippen LogP contribution in [0.4, 0.5) is 0 Å². The van der Waals surface area contributed by atoms with Gasteiger partial charge >= 0.3 is 5.97 Å². The number of esters is 1. The summed E-state index contributed by atoms with van der Waals surface area (Å²) in [6.45, 7) is 0. The maximum Gasteiger partial charge on any atom is 0.314 e. The molecule has 0 aromatic rings. The molecule has 0 aliphatic carbocycles. The van der Waals surface area contributed by atoms with Crippen LogP contribution in [0.1, 0.15) is 12.8 Å². The van der Waals surface area contributed by atoms with Crippen LogP contribution >= 0.6 is 15.9 Å². The lowest BCUT2D eigenvalue weighted by atomic mass is 10.2. The summed E-state index contributed by atoms with van der Waals surface area (Å²) in [6, 6.07) is 0. The molecule has 4 heteroatoms. The van der Waals surface area contributed by atoms with Gasteiger partial charge in [-0.25, -0.2) is 0 Å². The van der Waals surface area contributed by atoms with Crippen molar-refractivity contribution in [3.05, 3.63) is 0 Å². The number of cyclic esters (lactones) is 1. The highest BCUT2D eigenvalue weighted by Crippen LogP contribution is 2.13. The molecule has 0 saturated carbocycles. The Balaban J connectivity index is 2.46. The van der Waals surface area contributed by atoms with Crippen LogP contribution in [0.25, 0.3) is 0 Å². The van der Waals surface area contributed by atoms with Crippen molar-refractivity contribution in [3.63, 3.8) is 0 Å². The zero-order valence-electron chi connectivity index (χ0n) is 5.30. The molecule has 0 N–H and O–H groups in total. The summed E-state index contributed by atoms with van der Waals surface area (Å²) in [5.41, 5.74) is 0. The van der Waals surface area contributed by atoms with E-state index in [1.54, 1.807) is 0 Å². The van der Waals surface area contributed by atoms with E-state index in [9.17, 15) is 9.59 Å². The number of Topliss-reactive ketones (excluding diaryl/α,β-unsaturated/α-hetero) is 1. The molecule has 56 valence electrons. The molecule has 0 bridgehead atoms. The molecule has 10 heavy (non-hydrogen) atoms. The van der Waals surface area contributed by atoms with E-state index in [0.717, 1.165) is 0 Å². The zero-order valence-corrected chi connectivity index (χ0v) is 6.89. The number of hydrogen-bond donors (Lipinski definition) is 0. The van der Waals surface area contributed by atoms with Gasteiger partial charge in [0.1, 0.15) is 6.42 Å². The average molecular weight is 207 g/mol. The van der Waals surface area contributed by atoms with Crippen molar-refractivity contribution in [2.24, 2.45) is 0 Å². The molecule has 1 aliphatic rings. The van der Waals surface area contributed by atoms with Crippen LogP contribution < -0.4 is 0 Å². The molecule has 3 nitrogen and oxygen atoms in total. The van der Waals surface area contributed by atoms with Gasteiger partial charge in [0.15, 0.2) is 11.9 Å². The first-order valence-electron chi connectivity index (χ1n) is 3.02. The molecule has 1 aliphatic heterocycles. The second-order valence-corrected chi connectivity index (χ2v) is 2.89. The summed E-state index contributed by atoms with van der Waals surface area (Å²) < 4.78 is 4.70. The molecule has 0 aromatic carbocycles. The highest BCUT2D eigenvalue weighted by atomic mass is 79.9. The number of alkyl halides is 1. The van der Waals surface area contributed by atoms with E-state index in [0.29, 0.717) is 11.8 Å². The molecule has 0 radical (unpaired) electrons. The standard InChI is InChI=1S/C6H7BrO3/c7-2-1-5-4(8)3-6(9)10-5/h5H,1-3H2. The Bertz CT molecular complexity index is 166. The van der Waals surface area contributed by atoms with Gasteiger partial charge in [0.05, 0.1) is 0 Å². The molecule has 1 fully saturated rings. The normalized spacial score (nSPS) is 25.1. The molecule has 1 rings (SSSR count). The number of carbonyl (C=O) groups excluding carboxylic acids is 2. The fraction of sp³-hybridized carbons (Fsp3) is 0.667. The fourth-order valence-corrected chi connectivity index (χ4v) is 1.26. The Hall–Kier alpha value is -0.380. The van der Waals surface area contributed by atoms with Gasteiger partial charge in [0.2, 0.25) is 0 Å². The van der Waals surface area contributed by atoms with Crippen molar-refractivity contribution < 1.29 is 14.3 Å². The molecular weight excluding hydrogens is 200 g/mol. The van der Waals surface area contributed by atoms with E-state index in [2.05, 4.69) is 15.9 Å². The van der Waals surface area contributed by atoms with E-state index in [4.69, 9.17) is 4.74 Å². The van der Waals surface area contributed by atoms with Crippen molar-refractivity contribution in [3.8, 4) is 0 Å². The maximum absolute atomic E-state index is 10.8. The predicted octanol–water partition coefficient (Wildman–Crippen LogP) is 0.656. The van der Waals surface area contributed by atoms with E-state index >= 15 is 0 Å². The van der Waals surface area contributed by atoms with Crippen molar-refractivity contribution >= 4 is 27.7 Å². The third-order valence-electron chi connectivity index (χ3n) is 1.32. The first-order chi connectivity index (χ1) is 4.74. The van der Waals surface area contributed by atoms with Gasteiger partial charge in [0, 0.05) is 11.8 Å². The van der Waals surface area contributed by atoms with E-state index in [-0.39, 0.29) is 12.2 Å². The number of hydrogen-bond acceptors (Lipinski definition) is 3. The number of carbonyl (C=O) groups is 2. The van der Waals surface area contributed by atoms with Gasteiger partial charge in [-0.15, -0.1) is 0 Å². The van der Waals surface area contributed by atoms with Gasteiger partial charge in [-0.3, -0.25) is 9.59 Å². The third kappa shape index (κ3) is 1.56. The number of rotatable bonds is 2. The number of ether oxygens (including phenoxy) is 1. The lowest BCUT2D eigenvalue weighted by molar-refractivity contribution is -0.142. The van der Waals surface area contributed by atoms with Crippen molar-refractivity contribution in [1.82, 2.24) is 0 Å². The first-order valence-corrected chi connectivity index (χ1v) is 4.14. The highest BCUT2D eigenvalue weighted by molar-refractivity contribution is 9.09. The van der Waals surface area contributed by atoms with Crippen LogP contribution in [0, 0.1) is 0 Å². The molecule has 1 atom stereocenters. The molecule has 0 spiro atoms. The molecular formula is C6H7BrO3. The molecule has 0 amide bonds. The maximum atomic E-state index is 10.8. The van der Waals surface area contributed by atoms with Crippen LogP contribution in [-0.2, 0) is 14.3 Å². The smallest absolute Gasteiger partial charge is 0.314 e. The van der Waals surface area contributed by atoms with Gasteiger partial charge in [0.25, 0.3) is 0 Å². The van der Waals surface area contributed by atoms with Crippen LogP contribution in [0.3, 0.4) is 0 Å². The average Bonchev–Trinajstić information content (AvgIpc) is 2.13. The SMILES string of the molecule is O=C1CC(=O)C(CCBr)O1. The number of halogens is 1. The van der Waals surface area contributed by atoms with Crippen molar-refractivity contribution in [1.29, 1.82) is 0 Å². The van der Waals surface area contributed by atoms with Crippen LogP contribution in [0.2, 0.25) is 0 Å². The van der Waals surface area contributed by atoms with Gasteiger partial charge in [-0.2, -0.15) is 0 Å². The fourth-order valence-electron chi connectivity index (χ4n) is 0.841. The Morgan fingerprint density at radius 1 is 1.60 bits per heavy atom. The van der Waals surface area contributed by atoms with Crippen molar-refractivity contribution in [2.75, 3.05) is 5.33 Å². The predicted molar refractivity (Wildman–Crippen MR) is 37.9 cm³/mol. The van der Waals surface area contributed by atoms with Crippen LogP contribution in [0.5, 0.6) is 0 Å². The molecule has 1 unspecified atom stereocenters. The second-order valence-electron chi connectivity index (χ2n) is 2.10. The minimum atomic E-state index is -0.480. The highest BCUT2D eigenvalue weighted by Gasteiger charge is 2.31. The first kappa shape index (κ1) is 7.72. The van der Waals surface area contributed by atoms with Crippen molar-refractivity contribution in [2.45, 2.75) is 18.9 Å². The van der Waals surface area contributed by atoms with E-state index in [1.807, 2.05) is 0 Å². The summed E-state index contributed by atoms with van der Waals surface area (Å²) in [4.78, 5) is 21.3. The largest absolute Gasteiger partial charge is 0.454 e. The zero-order chi connectivity index (χ0) is 7.56. The summed E-state index contributed by atoms with van der Waals surface area (Å²) in [5, 5.41) is 0.691. The summed E-state index contributed by atoms with van der Waals surface area (Å²) in [7, 11) is 0. The van der Waals surface area contributed by atoms with E-state index < -0.39 is 12.1 Å².